The zero-order chi connectivity index (χ0) is 22.6. The molecule has 0 aliphatic carbocycles. The number of carboxylic acid groups (broad SMARTS) is 1. The third kappa shape index (κ3) is 5.24. The van der Waals surface area contributed by atoms with E-state index in [2.05, 4.69) is 5.32 Å². The Labute approximate surface area is 182 Å². The second kappa shape index (κ2) is 9.78. The third-order valence-electron chi connectivity index (χ3n) is 5.83. The van der Waals surface area contributed by atoms with Gasteiger partial charge < -0.3 is 15.3 Å². The van der Waals surface area contributed by atoms with Crippen molar-refractivity contribution in [1.82, 2.24) is 14.5 Å². The molecule has 170 valence electrons. The van der Waals surface area contributed by atoms with Crippen LogP contribution in [0.25, 0.3) is 0 Å². The van der Waals surface area contributed by atoms with E-state index in [1.165, 1.54) is 9.21 Å². The van der Waals surface area contributed by atoms with Gasteiger partial charge in [-0.15, -0.1) is 0 Å². The van der Waals surface area contributed by atoms with E-state index in [9.17, 15) is 27.9 Å². The van der Waals surface area contributed by atoms with Crippen molar-refractivity contribution in [2.24, 2.45) is 0 Å². The van der Waals surface area contributed by atoms with Gasteiger partial charge >= 0.3 is 5.97 Å². The van der Waals surface area contributed by atoms with Crippen molar-refractivity contribution in [3.63, 3.8) is 0 Å². The van der Waals surface area contributed by atoms with Crippen LogP contribution in [0.2, 0.25) is 0 Å². The molecule has 0 radical (unpaired) electrons. The zero-order valence-corrected chi connectivity index (χ0v) is 18.4. The van der Waals surface area contributed by atoms with Gasteiger partial charge in [0.15, 0.2) is 0 Å². The Bertz CT molecular complexity index is 920. The van der Waals surface area contributed by atoms with Crippen molar-refractivity contribution in [2.75, 3.05) is 18.8 Å². The van der Waals surface area contributed by atoms with Crippen LogP contribution in [-0.4, -0.2) is 77.5 Å². The summed E-state index contributed by atoms with van der Waals surface area (Å²) in [4.78, 5) is 39.3. The molecule has 0 saturated carbocycles. The molecule has 0 spiro atoms. The topological polar surface area (TPSA) is 124 Å². The summed E-state index contributed by atoms with van der Waals surface area (Å²) < 4.78 is 26.4. The molecule has 9 nitrogen and oxygen atoms in total. The number of nitrogens with one attached hydrogen (secondary N) is 1. The van der Waals surface area contributed by atoms with Crippen molar-refractivity contribution in [2.45, 2.75) is 57.2 Å². The van der Waals surface area contributed by atoms with Gasteiger partial charge in [-0.1, -0.05) is 38.0 Å². The van der Waals surface area contributed by atoms with E-state index >= 15 is 0 Å². The Morgan fingerprint density at radius 3 is 2.45 bits per heavy atom. The van der Waals surface area contributed by atoms with Gasteiger partial charge in [0.25, 0.3) is 5.91 Å². The van der Waals surface area contributed by atoms with Gasteiger partial charge in [0.1, 0.15) is 12.1 Å². The maximum atomic E-state index is 13.4. The number of carboxylic acids is 1. The highest BCUT2D eigenvalue weighted by Gasteiger charge is 2.46. The predicted octanol–water partition coefficient (Wildman–Crippen LogP) is 1.06. The molecular weight excluding hydrogens is 422 g/mol. The third-order valence-corrected chi connectivity index (χ3v) is 7.84. The van der Waals surface area contributed by atoms with Crippen LogP contribution >= 0.6 is 0 Å². The molecule has 2 aliphatic heterocycles. The first-order valence-corrected chi connectivity index (χ1v) is 12.2. The minimum absolute atomic E-state index is 0.0598. The van der Waals surface area contributed by atoms with Gasteiger partial charge in [-0.2, -0.15) is 4.31 Å². The Morgan fingerprint density at radius 1 is 1.13 bits per heavy atom. The van der Waals surface area contributed by atoms with Crippen molar-refractivity contribution in [3.05, 3.63) is 35.9 Å². The normalized spacial score (nSPS) is 25.3. The molecule has 3 rings (SSSR count). The van der Waals surface area contributed by atoms with Crippen molar-refractivity contribution >= 4 is 27.8 Å². The number of fused-ring (bicyclic) bond motifs is 1. The Hall–Kier alpha value is -2.46. The van der Waals surface area contributed by atoms with Gasteiger partial charge in [-0.3, -0.25) is 9.59 Å². The van der Waals surface area contributed by atoms with Gasteiger partial charge in [0.05, 0.1) is 5.75 Å². The molecule has 0 aromatic heterocycles. The lowest BCUT2D eigenvalue weighted by Gasteiger charge is -2.46. The van der Waals surface area contributed by atoms with Crippen LogP contribution in [0.5, 0.6) is 0 Å². The molecule has 2 fully saturated rings. The Kier molecular flexibility index (Phi) is 7.32. The molecule has 10 heteroatoms. The average molecular weight is 452 g/mol. The number of carbonyl (C=O) groups excluding carboxylic acids is 2. The lowest BCUT2D eigenvalue weighted by atomic mass is 9.94. The lowest BCUT2D eigenvalue weighted by Crippen LogP contribution is -2.67. The van der Waals surface area contributed by atoms with Gasteiger partial charge in [-0.25, -0.2) is 13.2 Å². The number of sulfonamides is 1. The van der Waals surface area contributed by atoms with Gasteiger partial charge in [0.2, 0.25) is 15.9 Å². The number of amides is 2. The molecule has 0 bridgehead atoms. The largest absolute Gasteiger partial charge is 0.480 e. The number of hydrogen-bond acceptors (Lipinski definition) is 5. The summed E-state index contributed by atoms with van der Waals surface area (Å²) in [5.41, 5.74) is 0.416. The first-order valence-electron chi connectivity index (χ1n) is 10.6. The summed E-state index contributed by atoms with van der Waals surface area (Å²) in [5.74, 6) is -2.17. The fraction of sp³-hybridized carbons (Fsp3) is 0.571. The number of nitrogens with zero attached hydrogens (tertiary/aromatic N) is 2. The molecule has 31 heavy (non-hydrogen) atoms. The minimum atomic E-state index is -3.60. The summed E-state index contributed by atoms with van der Waals surface area (Å²) in [6.07, 6.45) is 2.74. The van der Waals surface area contributed by atoms with E-state index in [0.29, 0.717) is 37.7 Å². The molecule has 2 aliphatic rings. The van der Waals surface area contributed by atoms with Crippen LogP contribution in [0, 0.1) is 0 Å². The Morgan fingerprint density at radius 2 is 1.81 bits per heavy atom. The molecule has 3 atom stereocenters. The summed E-state index contributed by atoms with van der Waals surface area (Å²) in [7, 11) is -3.60. The van der Waals surface area contributed by atoms with Crippen LogP contribution < -0.4 is 5.32 Å². The number of carbonyl (C=O) groups is 3. The standard InChI is InChI=1S/C21H29N3O6S/c1-2-12-31(29,30)23-13-16-10-6-7-11-17(20(26)24(16)18(14-23)21(27)28)22-19(25)15-8-4-3-5-9-15/h3-5,8-9,16-18H,2,6-7,10-14H2,1H3,(H,22,25)(H,27,28)/t16-,17-,18-/m0/s1. The fourth-order valence-corrected chi connectivity index (χ4v) is 5.85. The first-order chi connectivity index (χ1) is 14.7. The Balaban J connectivity index is 1.85. The van der Waals surface area contributed by atoms with Crippen molar-refractivity contribution in [1.29, 1.82) is 0 Å². The van der Waals surface area contributed by atoms with Crippen molar-refractivity contribution < 1.29 is 27.9 Å². The van der Waals surface area contributed by atoms with Crippen LogP contribution in [-0.2, 0) is 19.6 Å². The molecule has 1 aromatic rings. The van der Waals surface area contributed by atoms with Crippen LogP contribution in [0.1, 0.15) is 49.4 Å². The van der Waals surface area contributed by atoms with E-state index in [4.69, 9.17) is 0 Å². The second-order valence-corrected chi connectivity index (χ2v) is 10.2. The van der Waals surface area contributed by atoms with Crippen LogP contribution in [0.4, 0.5) is 0 Å². The SMILES string of the molecule is CCCS(=O)(=O)N1C[C@@H]2CCCC[C@H](NC(=O)c3ccccc3)C(=O)N2[C@H](C(=O)O)C1. The summed E-state index contributed by atoms with van der Waals surface area (Å²) >= 11 is 0. The molecule has 2 amide bonds. The first kappa shape index (κ1) is 23.2. The zero-order valence-electron chi connectivity index (χ0n) is 17.6. The highest BCUT2D eigenvalue weighted by Crippen LogP contribution is 2.27. The summed E-state index contributed by atoms with van der Waals surface area (Å²) in [5, 5.41) is 12.6. The number of rotatable bonds is 6. The predicted molar refractivity (Wildman–Crippen MR) is 114 cm³/mol. The summed E-state index contributed by atoms with van der Waals surface area (Å²) in [6, 6.07) is 5.84. The van der Waals surface area contributed by atoms with Crippen LogP contribution in [0.3, 0.4) is 0 Å². The van der Waals surface area contributed by atoms with E-state index < -0.39 is 45.9 Å². The maximum Gasteiger partial charge on any atom is 0.327 e. The van der Waals surface area contributed by atoms with Gasteiger partial charge in [0, 0.05) is 24.7 Å². The molecule has 2 N–H and O–H groups in total. The molecular formula is C21H29N3O6S. The highest BCUT2D eigenvalue weighted by molar-refractivity contribution is 7.89. The average Bonchev–Trinajstić information content (AvgIpc) is 2.74. The van der Waals surface area contributed by atoms with E-state index in [1.807, 2.05) is 0 Å². The van der Waals surface area contributed by atoms with Crippen LogP contribution in [0.15, 0.2) is 30.3 Å². The molecule has 2 saturated heterocycles. The van der Waals surface area contributed by atoms with E-state index in [1.54, 1.807) is 37.3 Å². The molecule has 1 aromatic carbocycles. The lowest BCUT2D eigenvalue weighted by molar-refractivity contribution is -0.157. The number of benzene rings is 1. The fourth-order valence-electron chi connectivity index (χ4n) is 4.30. The smallest absolute Gasteiger partial charge is 0.327 e. The second-order valence-electron chi connectivity index (χ2n) is 8.06. The minimum Gasteiger partial charge on any atom is -0.480 e. The van der Waals surface area contributed by atoms with E-state index in [0.717, 1.165) is 0 Å². The number of aliphatic carboxylic acids is 1. The number of hydrogen-bond donors (Lipinski definition) is 2. The number of piperazine rings is 1. The quantitative estimate of drug-likeness (QED) is 0.667. The molecule has 2 heterocycles. The van der Waals surface area contributed by atoms with E-state index in [-0.39, 0.29) is 18.8 Å². The molecule has 0 unspecified atom stereocenters. The summed E-state index contributed by atoms with van der Waals surface area (Å²) in [6.45, 7) is 1.55. The monoisotopic (exact) mass is 451 g/mol. The maximum absolute atomic E-state index is 13.4. The van der Waals surface area contributed by atoms with Gasteiger partial charge in [-0.05, 0) is 31.4 Å². The highest BCUT2D eigenvalue weighted by atomic mass is 32.2. The van der Waals surface area contributed by atoms with Crippen molar-refractivity contribution in [3.8, 4) is 0 Å².